The molecule has 0 amide bonds. The minimum Gasteiger partial charge on any atom is -0.363 e. The quantitative estimate of drug-likeness (QED) is 0.0550. The summed E-state index contributed by atoms with van der Waals surface area (Å²) in [5, 5.41) is 24.4. The zero-order valence-electron chi connectivity index (χ0n) is 50.9. The van der Waals surface area contributed by atoms with Crippen LogP contribution in [0.3, 0.4) is 0 Å². The van der Waals surface area contributed by atoms with E-state index in [2.05, 4.69) is 97.1 Å². The second-order valence-corrected chi connectivity index (χ2v) is 24.0. The van der Waals surface area contributed by atoms with E-state index in [1.165, 1.54) is 6.92 Å². The lowest BCUT2D eigenvalue weighted by molar-refractivity contribution is -0.118. The number of pyridine rings is 3. The smallest absolute Gasteiger partial charge is 0.218 e. The van der Waals surface area contributed by atoms with E-state index >= 15 is 0 Å². The average molecular weight is 1230 g/mol. The van der Waals surface area contributed by atoms with Gasteiger partial charge in [0.05, 0.1) is 42.3 Å². The number of carbonyl (C=O) groups is 3. The SMILES string of the molecule is CC(=O)CC1(c2nc(NCc3ccccn3)c3c(-c4ccccc4)ccn3n2)CC1.CC(=O)CC1(c2nc(NCc3ccccn3)c3c(-c4ccccc4)ccn3n2)CC1.CC(=O)Cl.NC1(c2nc(NCc3ccccn3)c3c(-c4ccccc4)ccn3n2)CC1. The van der Waals surface area contributed by atoms with Crippen LogP contribution in [0.15, 0.2) is 201 Å². The van der Waals surface area contributed by atoms with Gasteiger partial charge >= 0.3 is 0 Å². The molecule has 20 heteroatoms. The summed E-state index contributed by atoms with van der Waals surface area (Å²) in [6.07, 6.45) is 17.9. The Labute approximate surface area is 531 Å². The maximum absolute atomic E-state index is 11.8. The monoisotopic (exact) mass is 1230 g/mol. The highest BCUT2D eigenvalue weighted by molar-refractivity contribution is 6.62. The third-order valence-electron chi connectivity index (χ3n) is 16.3. The number of rotatable bonds is 19. The summed E-state index contributed by atoms with van der Waals surface area (Å²) in [5.74, 6) is 4.84. The predicted octanol–water partition coefficient (Wildman–Crippen LogP) is 13.0. The van der Waals surface area contributed by atoms with Crippen molar-refractivity contribution < 1.29 is 14.4 Å². The number of Topliss-reactive ketones (excluding diaryl/α,β-unsaturated/α-hetero) is 2. The molecule has 0 aliphatic heterocycles. The van der Waals surface area contributed by atoms with Gasteiger partial charge in [0.1, 0.15) is 28.1 Å². The summed E-state index contributed by atoms with van der Waals surface area (Å²) in [6.45, 7) is 6.29. The maximum Gasteiger partial charge on any atom is 0.218 e. The van der Waals surface area contributed by atoms with Crippen LogP contribution in [0.25, 0.3) is 49.9 Å². The van der Waals surface area contributed by atoms with Crippen molar-refractivity contribution in [2.45, 2.75) is 108 Å². The number of nitrogens with two attached hydrogens (primary N) is 1. The number of nitrogens with zero attached hydrogens (tertiary/aromatic N) is 12. The molecule has 3 aliphatic carbocycles. The maximum atomic E-state index is 11.8. The lowest BCUT2D eigenvalue weighted by Gasteiger charge is -2.16. The molecule has 0 saturated heterocycles. The number of carbonyl (C=O) groups excluding carboxylic acids is 3. The van der Waals surface area contributed by atoms with E-state index in [-0.39, 0.29) is 27.6 Å². The minimum atomic E-state index is -0.396. The number of ketones is 2. The van der Waals surface area contributed by atoms with Gasteiger partial charge in [-0.1, -0.05) is 109 Å². The topological polar surface area (TPSA) is 243 Å². The van der Waals surface area contributed by atoms with Gasteiger partial charge in [-0.3, -0.25) is 29.3 Å². The normalized spacial score (nSPS) is 14.3. The molecule has 0 bridgehead atoms. The number of benzene rings is 3. The van der Waals surface area contributed by atoms with Crippen LogP contribution in [0.4, 0.5) is 17.5 Å². The second-order valence-electron chi connectivity index (χ2n) is 23.5. The molecule has 3 fully saturated rings. The second kappa shape index (κ2) is 26.8. The van der Waals surface area contributed by atoms with Crippen molar-refractivity contribution in [3.8, 4) is 33.4 Å². The Kier molecular flexibility index (Phi) is 17.9. The van der Waals surface area contributed by atoms with E-state index in [9.17, 15) is 14.4 Å². The molecule has 15 rings (SSSR count). The van der Waals surface area contributed by atoms with Crippen molar-refractivity contribution in [1.29, 1.82) is 0 Å². The fourth-order valence-corrected chi connectivity index (χ4v) is 11.3. The standard InChI is InChI=1S/2C24H23N5O.C21H20N6.C2H3ClO/c2*1-17(30)15-24(11-12-24)23-27-22(26-16-19-9-5-6-13-25-19)21-20(10-14-29(21)28-23)18-7-3-2-4-8-18;22-21(10-11-21)20-25-19(24-14-16-8-4-5-12-23-16)18-17(9-13-27(18)26-20)15-6-2-1-3-7-15;1-2(3)4/h2*2-10,13-14H,11-12,15-16H2,1H3,(H,26,27,28);1-9,12-13H,10-11,14,22H2,(H,24,25,26);1H3. The Morgan fingerprint density at radius 2 is 0.725 bits per heavy atom. The fraction of sp³-hybridized carbons (Fsp3) is 0.239. The summed E-state index contributed by atoms with van der Waals surface area (Å²) in [4.78, 5) is 60.8. The fourth-order valence-electron chi connectivity index (χ4n) is 11.3. The van der Waals surface area contributed by atoms with Crippen molar-refractivity contribution in [2.75, 3.05) is 16.0 Å². The number of halogens is 1. The first kappa shape index (κ1) is 60.9. The highest BCUT2D eigenvalue weighted by atomic mass is 35.5. The van der Waals surface area contributed by atoms with Crippen molar-refractivity contribution >= 4 is 62.4 Å². The van der Waals surface area contributed by atoms with Gasteiger partial charge in [-0.05, 0) is 135 Å². The van der Waals surface area contributed by atoms with Gasteiger partial charge < -0.3 is 21.7 Å². The van der Waals surface area contributed by atoms with Crippen molar-refractivity contribution in [1.82, 2.24) is 58.7 Å². The van der Waals surface area contributed by atoms with Crippen molar-refractivity contribution in [3.05, 3.63) is 236 Å². The van der Waals surface area contributed by atoms with Crippen LogP contribution in [-0.4, -0.2) is 75.6 Å². The van der Waals surface area contributed by atoms with Crippen molar-refractivity contribution in [2.24, 2.45) is 5.73 Å². The molecule has 3 saturated carbocycles. The molecule has 0 spiro atoms. The van der Waals surface area contributed by atoms with Gasteiger partial charge in [0.15, 0.2) is 34.9 Å². The molecule has 19 nitrogen and oxygen atoms in total. The zero-order chi connectivity index (χ0) is 63.0. The molecular weight excluding hydrogens is 1160 g/mol. The third-order valence-corrected chi connectivity index (χ3v) is 16.3. The van der Waals surface area contributed by atoms with Gasteiger partial charge in [-0.15, -0.1) is 0 Å². The zero-order valence-corrected chi connectivity index (χ0v) is 51.6. The summed E-state index contributed by atoms with van der Waals surface area (Å²) >= 11 is 4.64. The molecule has 3 aromatic carbocycles. The first-order chi connectivity index (χ1) is 44.2. The van der Waals surface area contributed by atoms with Gasteiger partial charge in [0.25, 0.3) is 0 Å². The summed E-state index contributed by atoms with van der Waals surface area (Å²) < 4.78 is 5.68. The van der Waals surface area contributed by atoms with E-state index in [4.69, 9.17) is 36.0 Å². The Hall–Kier alpha value is -10.4. The number of aromatic nitrogens is 12. The highest BCUT2D eigenvalue weighted by Gasteiger charge is 2.50. The van der Waals surface area contributed by atoms with Crippen LogP contribution in [0.1, 0.15) is 107 Å². The lowest BCUT2D eigenvalue weighted by Crippen LogP contribution is -2.24. The van der Waals surface area contributed by atoms with Crippen LogP contribution in [0.5, 0.6) is 0 Å². The molecule has 3 aliphatic rings. The average Bonchev–Trinajstić information content (AvgIpc) is 1.63. The minimum absolute atomic E-state index is 0.177. The third kappa shape index (κ3) is 14.4. The number of anilines is 3. The molecule has 0 unspecified atom stereocenters. The molecule has 458 valence electrons. The number of nitrogens with one attached hydrogen (secondary N) is 3. The van der Waals surface area contributed by atoms with E-state index < -0.39 is 5.54 Å². The Morgan fingerprint density at radius 3 is 1.00 bits per heavy atom. The van der Waals surface area contributed by atoms with Crippen LogP contribution in [-0.2, 0) is 50.4 Å². The molecule has 91 heavy (non-hydrogen) atoms. The van der Waals surface area contributed by atoms with Crippen LogP contribution in [0.2, 0.25) is 0 Å². The van der Waals surface area contributed by atoms with Gasteiger partial charge in [0, 0.05) is 84.5 Å². The van der Waals surface area contributed by atoms with E-state index in [1.54, 1.807) is 32.4 Å². The van der Waals surface area contributed by atoms with Gasteiger partial charge in [-0.25, -0.2) is 28.5 Å². The Bertz CT molecular complexity index is 4300. The van der Waals surface area contributed by atoms with E-state index in [0.29, 0.717) is 38.3 Å². The molecule has 9 aromatic heterocycles. The van der Waals surface area contributed by atoms with E-state index in [0.717, 1.165) is 135 Å². The Balaban J connectivity index is 0.000000128. The van der Waals surface area contributed by atoms with Crippen molar-refractivity contribution in [3.63, 3.8) is 0 Å². The summed E-state index contributed by atoms with van der Waals surface area (Å²) in [5.41, 5.74) is 17.8. The molecule has 9 heterocycles. The Morgan fingerprint density at radius 1 is 0.429 bits per heavy atom. The van der Waals surface area contributed by atoms with Gasteiger partial charge in [0.2, 0.25) is 5.24 Å². The van der Waals surface area contributed by atoms with Gasteiger partial charge in [-0.2, -0.15) is 15.3 Å². The van der Waals surface area contributed by atoms with E-state index in [1.807, 2.05) is 141 Å². The molecule has 12 aromatic rings. The number of fused-ring (bicyclic) bond motifs is 3. The highest BCUT2D eigenvalue weighted by Crippen LogP contribution is 2.51. The van der Waals surface area contributed by atoms with Crippen LogP contribution >= 0.6 is 11.6 Å². The first-order valence-corrected chi connectivity index (χ1v) is 30.8. The largest absolute Gasteiger partial charge is 0.363 e. The summed E-state index contributed by atoms with van der Waals surface area (Å²) in [6, 6.07) is 54.6. The number of hydrogen-bond donors (Lipinski definition) is 4. The molecular formula is C71H69ClN16O3. The van der Waals surface area contributed by atoms with Crippen LogP contribution in [0, 0.1) is 0 Å². The summed E-state index contributed by atoms with van der Waals surface area (Å²) in [7, 11) is 0. The predicted molar refractivity (Wildman–Crippen MR) is 354 cm³/mol. The van der Waals surface area contributed by atoms with Crippen LogP contribution < -0.4 is 21.7 Å². The first-order valence-electron chi connectivity index (χ1n) is 30.5. The molecule has 5 N–H and O–H groups in total. The lowest BCUT2D eigenvalue weighted by atomic mass is 9.99. The molecule has 0 atom stereocenters. The number of hydrogen-bond acceptors (Lipinski definition) is 16. The molecule has 0 radical (unpaired) electrons.